The molecule has 0 fully saturated rings. The summed E-state index contributed by atoms with van der Waals surface area (Å²) in [6, 6.07) is 11.2. The molecule has 0 bridgehead atoms. The topological polar surface area (TPSA) is 12.0 Å². The molecule has 0 spiro atoms. The summed E-state index contributed by atoms with van der Waals surface area (Å²) in [5.74, 6) is -0.181. The van der Waals surface area contributed by atoms with Gasteiger partial charge in [0.2, 0.25) is 0 Å². The van der Waals surface area contributed by atoms with Crippen LogP contribution in [-0.4, -0.2) is 6.54 Å². The highest BCUT2D eigenvalue weighted by Crippen LogP contribution is 2.31. The van der Waals surface area contributed by atoms with Gasteiger partial charge in [0.25, 0.3) is 0 Å². The molecule has 0 saturated carbocycles. The number of aryl methyl sites for hydroxylation is 2. The minimum atomic E-state index is -0.181. The fourth-order valence-electron chi connectivity index (χ4n) is 2.35. The van der Waals surface area contributed by atoms with Crippen LogP contribution >= 0.6 is 11.6 Å². The van der Waals surface area contributed by atoms with E-state index >= 15 is 0 Å². The second-order valence-electron chi connectivity index (χ2n) is 4.98. The molecule has 0 aromatic heterocycles. The average molecular weight is 292 g/mol. The van der Waals surface area contributed by atoms with Crippen LogP contribution < -0.4 is 5.32 Å². The number of hydrogen-bond acceptors (Lipinski definition) is 1. The SMILES string of the molecule is CCNC(c1ccc(F)c(C)c1)c1cccc(C)c1Cl. The summed E-state index contributed by atoms with van der Waals surface area (Å²) < 4.78 is 13.4. The highest BCUT2D eigenvalue weighted by molar-refractivity contribution is 6.32. The van der Waals surface area contributed by atoms with Gasteiger partial charge in [0.05, 0.1) is 6.04 Å². The number of halogens is 2. The molecular formula is C17H19ClFN. The Morgan fingerprint density at radius 2 is 1.90 bits per heavy atom. The largest absolute Gasteiger partial charge is 0.306 e. The van der Waals surface area contributed by atoms with Gasteiger partial charge in [0, 0.05) is 5.02 Å². The molecule has 0 amide bonds. The van der Waals surface area contributed by atoms with E-state index in [2.05, 4.69) is 5.32 Å². The summed E-state index contributed by atoms with van der Waals surface area (Å²) >= 11 is 6.43. The summed E-state index contributed by atoms with van der Waals surface area (Å²) in [6.07, 6.45) is 0. The van der Waals surface area contributed by atoms with Crippen molar-refractivity contribution in [2.75, 3.05) is 6.54 Å². The Hall–Kier alpha value is -1.38. The first kappa shape index (κ1) is 15.0. The van der Waals surface area contributed by atoms with Gasteiger partial charge in [-0.3, -0.25) is 0 Å². The molecule has 1 unspecified atom stereocenters. The van der Waals surface area contributed by atoms with Gasteiger partial charge in [-0.1, -0.05) is 48.9 Å². The van der Waals surface area contributed by atoms with E-state index in [1.807, 2.05) is 44.2 Å². The molecule has 106 valence electrons. The molecule has 0 aliphatic heterocycles. The first-order valence-electron chi connectivity index (χ1n) is 6.79. The van der Waals surface area contributed by atoms with Crippen LogP contribution in [0.1, 0.15) is 35.2 Å². The van der Waals surface area contributed by atoms with E-state index in [1.54, 1.807) is 6.92 Å². The van der Waals surface area contributed by atoms with Crippen LogP contribution in [0, 0.1) is 19.7 Å². The lowest BCUT2D eigenvalue weighted by Gasteiger charge is -2.21. The van der Waals surface area contributed by atoms with Gasteiger partial charge in [-0.25, -0.2) is 4.39 Å². The van der Waals surface area contributed by atoms with Crippen LogP contribution in [0.25, 0.3) is 0 Å². The van der Waals surface area contributed by atoms with Gasteiger partial charge in [0.1, 0.15) is 5.82 Å². The first-order valence-corrected chi connectivity index (χ1v) is 7.16. The fourth-order valence-corrected chi connectivity index (χ4v) is 2.59. The van der Waals surface area contributed by atoms with Gasteiger partial charge in [-0.05, 0) is 48.7 Å². The Morgan fingerprint density at radius 3 is 2.55 bits per heavy atom. The van der Waals surface area contributed by atoms with E-state index in [9.17, 15) is 4.39 Å². The summed E-state index contributed by atoms with van der Waals surface area (Å²) in [7, 11) is 0. The van der Waals surface area contributed by atoms with Crippen molar-refractivity contribution in [3.8, 4) is 0 Å². The van der Waals surface area contributed by atoms with Crippen molar-refractivity contribution in [1.29, 1.82) is 0 Å². The fraction of sp³-hybridized carbons (Fsp3) is 0.294. The molecule has 2 aromatic carbocycles. The van der Waals surface area contributed by atoms with E-state index in [4.69, 9.17) is 11.6 Å². The Labute approximate surface area is 124 Å². The lowest BCUT2D eigenvalue weighted by Crippen LogP contribution is -2.22. The van der Waals surface area contributed by atoms with Crippen LogP contribution in [0.5, 0.6) is 0 Å². The maximum Gasteiger partial charge on any atom is 0.126 e. The molecule has 3 heteroatoms. The Morgan fingerprint density at radius 1 is 1.15 bits per heavy atom. The van der Waals surface area contributed by atoms with Gasteiger partial charge in [-0.15, -0.1) is 0 Å². The Balaban J connectivity index is 2.50. The molecular weight excluding hydrogens is 273 g/mol. The van der Waals surface area contributed by atoms with E-state index in [0.29, 0.717) is 5.56 Å². The quantitative estimate of drug-likeness (QED) is 0.853. The standard InChI is InChI=1S/C17H19ClFN/c1-4-20-17(13-8-9-15(19)12(3)10-13)14-7-5-6-11(2)16(14)18/h5-10,17,20H,4H2,1-3H3. The predicted molar refractivity (Wildman–Crippen MR) is 82.8 cm³/mol. The van der Waals surface area contributed by atoms with E-state index < -0.39 is 0 Å². The van der Waals surface area contributed by atoms with Crippen molar-refractivity contribution >= 4 is 11.6 Å². The molecule has 20 heavy (non-hydrogen) atoms. The van der Waals surface area contributed by atoms with Crippen LogP contribution in [0.4, 0.5) is 4.39 Å². The lowest BCUT2D eigenvalue weighted by molar-refractivity contribution is 0.606. The molecule has 0 aliphatic rings. The maximum absolute atomic E-state index is 13.4. The normalized spacial score (nSPS) is 12.4. The highest BCUT2D eigenvalue weighted by atomic mass is 35.5. The van der Waals surface area contributed by atoms with E-state index in [0.717, 1.165) is 28.3 Å². The third kappa shape index (κ3) is 3.02. The van der Waals surface area contributed by atoms with Crippen LogP contribution in [0.3, 0.4) is 0 Å². The molecule has 0 heterocycles. The number of nitrogens with one attached hydrogen (secondary N) is 1. The van der Waals surface area contributed by atoms with Gasteiger partial charge < -0.3 is 5.32 Å². The monoisotopic (exact) mass is 291 g/mol. The minimum Gasteiger partial charge on any atom is -0.306 e. The van der Waals surface area contributed by atoms with Gasteiger partial charge in [0.15, 0.2) is 0 Å². The predicted octanol–water partition coefficient (Wildman–Crippen LogP) is 4.79. The minimum absolute atomic E-state index is 0.0216. The average Bonchev–Trinajstić information content (AvgIpc) is 2.43. The lowest BCUT2D eigenvalue weighted by atomic mass is 9.96. The highest BCUT2D eigenvalue weighted by Gasteiger charge is 2.17. The Bertz CT molecular complexity index is 610. The molecule has 1 atom stereocenters. The summed E-state index contributed by atoms with van der Waals surface area (Å²) in [5.41, 5.74) is 3.75. The van der Waals surface area contributed by atoms with Crippen molar-refractivity contribution in [3.63, 3.8) is 0 Å². The summed E-state index contributed by atoms with van der Waals surface area (Å²) in [5, 5.41) is 4.19. The third-order valence-electron chi connectivity index (χ3n) is 3.46. The van der Waals surface area contributed by atoms with E-state index in [-0.39, 0.29) is 11.9 Å². The maximum atomic E-state index is 13.4. The molecule has 0 radical (unpaired) electrons. The second-order valence-corrected chi connectivity index (χ2v) is 5.36. The van der Waals surface area contributed by atoms with Crippen molar-refractivity contribution < 1.29 is 4.39 Å². The molecule has 1 nitrogen and oxygen atoms in total. The zero-order valence-electron chi connectivity index (χ0n) is 12.0. The second kappa shape index (κ2) is 6.38. The first-order chi connectivity index (χ1) is 9.54. The van der Waals surface area contributed by atoms with Crippen molar-refractivity contribution in [2.24, 2.45) is 0 Å². The molecule has 0 aliphatic carbocycles. The van der Waals surface area contributed by atoms with Crippen LogP contribution in [0.15, 0.2) is 36.4 Å². The number of rotatable bonds is 4. The zero-order chi connectivity index (χ0) is 14.7. The van der Waals surface area contributed by atoms with Crippen LogP contribution in [0.2, 0.25) is 5.02 Å². The summed E-state index contributed by atoms with van der Waals surface area (Å²) in [4.78, 5) is 0. The zero-order valence-corrected chi connectivity index (χ0v) is 12.8. The molecule has 0 saturated heterocycles. The molecule has 2 aromatic rings. The third-order valence-corrected chi connectivity index (χ3v) is 3.97. The van der Waals surface area contributed by atoms with Gasteiger partial charge in [-0.2, -0.15) is 0 Å². The van der Waals surface area contributed by atoms with Crippen molar-refractivity contribution in [3.05, 3.63) is 69.5 Å². The van der Waals surface area contributed by atoms with E-state index in [1.165, 1.54) is 6.07 Å². The van der Waals surface area contributed by atoms with Crippen molar-refractivity contribution in [2.45, 2.75) is 26.8 Å². The van der Waals surface area contributed by atoms with Gasteiger partial charge >= 0.3 is 0 Å². The molecule has 1 N–H and O–H groups in total. The number of benzene rings is 2. The van der Waals surface area contributed by atoms with Crippen molar-refractivity contribution in [1.82, 2.24) is 5.32 Å². The molecule has 2 rings (SSSR count). The smallest absolute Gasteiger partial charge is 0.126 e. The summed E-state index contributed by atoms with van der Waals surface area (Å²) in [6.45, 7) is 6.63. The Kier molecular flexibility index (Phi) is 4.79. The van der Waals surface area contributed by atoms with Crippen LogP contribution in [-0.2, 0) is 0 Å². The number of hydrogen-bond donors (Lipinski definition) is 1.